The van der Waals surface area contributed by atoms with Crippen molar-refractivity contribution in [2.24, 2.45) is 0 Å². The van der Waals surface area contributed by atoms with E-state index in [-0.39, 0.29) is 5.91 Å². The fraction of sp³-hybridized carbons (Fsp3) is 0.261. The number of hydrogen-bond donors (Lipinski definition) is 1. The molecule has 29 heavy (non-hydrogen) atoms. The number of para-hydroxylation sites is 1. The van der Waals surface area contributed by atoms with E-state index in [9.17, 15) is 4.79 Å². The van der Waals surface area contributed by atoms with E-state index in [1.165, 1.54) is 0 Å². The number of ether oxygens (including phenoxy) is 1. The molecular formula is C23H26N4O2. The molecular weight excluding hydrogens is 364 g/mol. The zero-order valence-electron chi connectivity index (χ0n) is 16.8. The molecule has 1 aromatic carbocycles. The number of carbonyl (C=O) groups is 1. The van der Waals surface area contributed by atoms with E-state index in [2.05, 4.69) is 21.4 Å². The number of nitrogens with one attached hydrogen (secondary N) is 1. The Kier molecular flexibility index (Phi) is 7.16. The van der Waals surface area contributed by atoms with E-state index >= 15 is 0 Å². The van der Waals surface area contributed by atoms with Crippen LogP contribution in [0.1, 0.15) is 21.5 Å². The Hall–Kier alpha value is -3.41. The molecule has 3 aromatic rings. The monoisotopic (exact) mass is 390 g/mol. The number of pyridine rings is 2. The smallest absolute Gasteiger partial charge is 0.255 e. The molecule has 1 amide bonds. The first-order valence-corrected chi connectivity index (χ1v) is 9.63. The first kappa shape index (κ1) is 20.3. The van der Waals surface area contributed by atoms with Crippen molar-refractivity contribution in [3.63, 3.8) is 0 Å². The normalized spacial score (nSPS) is 10.4. The van der Waals surface area contributed by atoms with Crippen molar-refractivity contribution in [1.82, 2.24) is 14.9 Å². The second kappa shape index (κ2) is 10.2. The number of hydrogen-bond acceptors (Lipinski definition) is 5. The number of rotatable bonds is 9. The van der Waals surface area contributed by atoms with Crippen LogP contribution >= 0.6 is 0 Å². The van der Waals surface area contributed by atoms with Gasteiger partial charge in [0.1, 0.15) is 11.6 Å². The molecule has 150 valence electrons. The number of methoxy groups -OCH3 is 1. The highest BCUT2D eigenvalue weighted by Gasteiger charge is 2.12. The third-order valence-corrected chi connectivity index (χ3v) is 4.74. The molecule has 0 aliphatic rings. The highest BCUT2D eigenvalue weighted by Crippen LogP contribution is 2.18. The second-order valence-electron chi connectivity index (χ2n) is 6.75. The van der Waals surface area contributed by atoms with Gasteiger partial charge in [-0.05, 0) is 54.3 Å². The lowest BCUT2D eigenvalue weighted by atomic mass is 10.1. The molecule has 0 unspecified atom stereocenters. The van der Waals surface area contributed by atoms with Crippen molar-refractivity contribution in [1.29, 1.82) is 0 Å². The number of likely N-dealkylation sites (N-methyl/N-ethyl adjacent to an activating group) is 1. The van der Waals surface area contributed by atoms with E-state index in [1.807, 2.05) is 49.5 Å². The van der Waals surface area contributed by atoms with Gasteiger partial charge in [0.05, 0.1) is 12.7 Å². The predicted molar refractivity (Wildman–Crippen MR) is 114 cm³/mol. The van der Waals surface area contributed by atoms with Gasteiger partial charge in [-0.1, -0.05) is 18.2 Å². The Morgan fingerprint density at radius 2 is 1.86 bits per heavy atom. The summed E-state index contributed by atoms with van der Waals surface area (Å²) in [6.07, 6.45) is 6.77. The van der Waals surface area contributed by atoms with Gasteiger partial charge in [0.15, 0.2) is 0 Å². The maximum atomic E-state index is 12.6. The quantitative estimate of drug-likeness (QED) is 0.606. The van der Waals surface area contributed by atoms with Crippen LogP contribution in [0.15, 0.2) is 67.1 Å². The molecule has 0 fully saturated rings. The number of aromatic nitrogens is 2. The standard InChI is InChI=1S/C23H26N4O2/c1-27(16-12-18-9-13-24-14-10-18)23(28)20-7-8-22(26-17-20)25-15-11-19-5-3-4-6-21(19)29-2/h3-10,13-14,17H,11-12,15-16H2,1-2H3,(H,25,26). The summed E-state index contributed by atoms with van der Waals surface area (Å²) in [6.45, 7) is 1.37. The zero-order chi connectivity index (χ0) is 20.5. The van der Waals surface area contributed by atoms with Crippen molar-refractivity contribution in [2.45, 2.75) is 12.8 Å². The Morgan fingerprint density at radius 3 is 2.59 bits per heavy atom. The third-order valence-electron chi connectivity index (χ3n) is 4.74. The average molecular weight is 390 g/mol. The van der Waals surface area contributed by atoms with E-state index < -0.39 is 0 Å². The van der Waals surface area contributed by atoms with Crippen molar-refractivity contribution >= 4 is 11.7 Å². The van der Waals surface area contributed by atoms with Crippen LogP contribution in [0.5, 0.6) is 5.75 Å². The van der Waals surface area contributed by atoms with Gasteiger partial charge in [0.25, 0.3) is 5.91 Å². The van der Waals surface area contributed by atoms with Gasteiger partial charge in [0, 0.05) is 38.7 Å². The van der Waals surface area contributed by atoms with Gasteiger partial charge < -0.3 is 15.0 Å². The Bertz CT molecular complexity index is 914. The fourth-order valence-corrected chi connectivity index (χ4v) is 3.03. The van der Waals surface area contributed by atoms with Crippen LogP contribution in [0.4, 0.5) is 5.82 Å². The van der Waals surface area contributed by atoms with Crippen molar-refractivity contribution in [3.8, 4) is 5.75 Å². The van der Waals surface area contributed by atoms with Crippen LogP contribution in [0.2, 0.25) is 0 Å². The Balaban J connectivity index is 1.49. The van der Waals surface area contributed by atoms with E-state index in [0.29, 0.717) is 12.1 Å². The SMILES string of the molecule is COc1ccccc1CCNc1ccc(C(=O)N(C)CCc2ccncc2)cn1. The van der Waals surface area contributed by atoms with Crippen LogP contribution in [0, 0.1) is 0 Å². The van der Waals surface area contributed by atoms with Crippen LogP contribution in [0.25, 0.3) is 0 Å². The molecule has 0 spiro atoms. The van der Waals surface area contributed by atoms with Gasteiger partial charge in [-0.25, -0.2) is 4.98 Å². The molecule has 0 aliphatic carbocycles. The minimum absolute atomic E-state index is 0.0351. The summed E-state index contributed by atoms with van der Waals surface area (Å²) in [5.41, 5.74) is 2.88. The minimum atomic E-state index is -0.0351. The molecule has 1 N–H and O–H groups in total. The molecule has 6 nitrogen and oxygen atoms in total. The molecule has 0 saturated heterocycles. The molecule has 0 radical (unpaired) electrons. The van der Waals surface area contributed by atoms with E-state index in [4.69, 9.17) is 4.74 Å². The first-order valence-electron chi connectivity index (χ1n) is 9.63. The topological polar surface area (TPSA) is 67.3 Å². The molecule has 0 saturated carbocycles. The number of anilines is 1. The van der Waals surface area contributed by atoms with Crippen molar-refractivity contribution in [3.05, 3.63) is 83.8 Å². The van der Waals surface area contributed by atoms with Crippen molar-refractivity contribution in [2.75, 3.05) is 32.6 Å². The first-order chi connectivity index (χ1) is 14.2. The predicted octanol–water partition coefficient (Wildman–Crippen LogP) is 3.45. The van der Waals surface area contributed by atoms with Crippen LogP contribution in [0.3, 0.4) is 0 Å². The van der Waals surface area contributed by atoms with Crippen molar-refractivity contribution < 1.29 is 9.53 Å². The largest absolute Gasteiger partial charge is 0.496 e. The average Bonchev–Trinajstić information content (AvgIpc) is 2.78. The summed E-state index contributed by atoms with van der Waals surface area (Å²) >= 11 is 0. The Morgan fingerprint density at radius 1 is 1.07 bits per heavy atom. The van der Waals surface area contributed by atoms with Gasteiger partial charge in [0.2, 0.25) is 0 Å². The summed E-state index contributed by atoms with van der Waals surface area (Å²) in [4.78, 5) is 22.7. The lowest BCUT2D eigenvalue weighted by molar-refractivity contribution is 0.0796. The molecule has 0 atom stereocenters. The number of amides is 1. The molecule has 6 heteroatoms. The Labute approximate surface area is 171 Å². The number of carbonyl (C=O) groups excluding carboxylic acids is 1. The molecule has 2 aromatic heterocycles. The fourth-order valence-electron chi connectivity index (χ4n) is 3.03. The van der Waals surface area contributed by atoms with Crippen LogP contribution < -0.4 is 10.1 Å². The highest BCUT2D eigenvalue weighted by atomic mass is 16.5. The summed E-state index contributed by atoms with van der Waals surface area (Å²) in [6, 6.07) is 15.5. The van der Waals surface area contributed by atoms with E-state index in [0.717, 1.165) is 42.1 Å². The summed E-state index contributed by atoms with van der Waals surface area (Å²) in [7, 11) is 3.49. The lowest BCUT2D eigenvalue weighted by Gasteiger charge is -2.17. The molecule has 0 aliphatic heterocycles. The minimum Gasteiger partial charge on any atom is -0.496 e. The van der Waals surface area contributed by atoms with Gasteiger partial charge >= 0.3 is 0 Å². The van der Waals surface area contributed by atoms with Gasteiger partial charge in [-0.2, -0.15) is 0 Å². The molecule has 0 bridgehead atoms. The lowest BCUT2D eigenvalue weighted by Crippen LogP contribution is -2.29. The maximum Gasteiger partial charge on any atom is 0.255 e. The summed E-state index contributed by atoms with van der Waals surface area (Å²) in [5.74, 6) is 1.60. The highest BCUT2D eigenvalue weighted by molar-refractivity contribution is 5.93. The second-order valence-corrected chi connectivity index (χ2v) is 6.75. The van der Waals surface area contributed by atoms with E-state index in [1.54, 1.807) is 30.6 Å². The summed E-state index contributed by atoms with van der Waals surface area (Å²) in [5, 5.41) is 3.29. The molecule has 3 rings (SSSR count). The number of nitrogens with zero attached hydrogens (tertiary/aromatic N) is 3. The zero-order valence-corrected chi connectivity index (χ0v) is 16.8. The van der Waals surface area contributed by atoms with Gasteiger partial charge in [-0.15, -0.1) is 0 Å². The van der Waals surface area contributed by atoms with Gasteiger partial charge in [-0.3, -0.25) is 9.78 Å². The third kappa shape index (κ3) is 5.78. The maximum absolute atomic E-state index is 12.6. The summed E-state index contributed by atoms with van der Waals surface area (Å²) < 4.78 is 5.37. The van der Waals surface area contributed by atoms with Crippen LogP contribution in [-0.4, -0.2) is 48.0 Å². The van der Waals surface area contributed by atoms with Crippen LogP contribution in [-0.2, 0) is 12.8 Å². The molecule has 2 heterocycles. The number of benzene rings is 1.